The molecule has 1 atom stereocenters. The molecule has 6 nitrogen and oxygen atoms in total. The smallest absolute Gasteiger partial charge is 0.328 e. The molecule has 1 aromatic rings. The minimum Gasteiger partial charge on any atom is -0.478 e. The second-order valence-corrected chi connectivity index (χ2v) is 5.28. The van der Waals surface area contributed by atoms with Crippen molar-refractivity contribution in [2.45, 2.75) is 13.0 Å². The van der Waals surface area contributed by atoms with E-state index in [0.717, 1.165) is 6.08 Å². The Balaban J connectivity index is 2.69. The summed E-state index contributed by atoms with van der Waals surface area (Å²) >= 11 is 1.26. The van der Waals surface area contributed by atoms with Crippen LogP contribution in [0.2, 0.25) is 0 Å². The summed E-state index contributed by atoms with van der Waals surface area (Å²) in [4.78, 5) is 36.0. The predicted octanol–water partition coefficient (Wildman–Crippen LogP) is 1.05. The average Bonchev–Trinajstić information content (AvgIpc) is 2.83. The first-order valence-corrected chi connectivity index (χ1v) is 6.70. The standard InChI is InChI=1S/C13H16N2O4S/c1-8(13(19)15(2)3)14-12(18)9-6-10(20-7-9)4-5-11(16)17/h4-8H,1-3H3,(H,14,18)(H,16,17). The largest absolute Gasteiger partial charge is 0.478 e. The number of carbonyl (C=O) groups is 3. The number of hydrogen-bond donors (Lipinski definition) is 2. The number of amides is 2. The zero-order valence-electron chi connectivity index (χ0n) is 11.4. The van der Waals surface area contributed by atoms with Crippen molar-refractivity contribution in [3.05, 3.63) is 28.0 Å². The van der Waals surface area contributed by atoms with Crippen molar-refractivity contribution in [3.63, 3.8) is 0 Å². The predicted molar refractivity (Wildman–Crippen MR) is 76.6 cm³/mol. The molecule has 0 radical (unpaired) electrons. The normalized spacial score (nSPS) is 12.2. The Bertz CT molecular complexity index is 548. The third-order valence-corrected chi connectivity index (χ3v) is 3.33. The van der Waals surface area contributed by atoms with Crippen LogP contribution in [0.1, 0.15) is 22.2 Å². The van der Waals surface area contributed by atoms with Crippen LogP contribution < -0.4 is 5.32 Å². The molecule has 1 rings (SSSR count). The topological polar surface area (TPSA) is 86.7 Å². The molecule has 0 aliphatic rings. The molecular formula is C13H16N2O4S. The number of carboxylic acids is 1. The van der Waals surface area contributed by atoms with Crippen LogP contribution in [0.4, 0.5) is 0 Å². The fourth-order valence-electron chi connectivity index (χ4n) is 1.44. The first-order chi connectivity index (χ1) is 9.31. The number of hydrogen-bond acceptors (Lipinski definition) is 4. The number of carboxylic acid groups (broad SMARTS) is 1. The van der Waals surface area contributed by atoms with Gasteiger partial charge in [-0.3, -0.25) is 9.59 Å². The molecule has 1 aromatic heterocycles. The zero-order valence-corrected chi connectivity index (χ0v) is 12.2. The Labute approximate surface area is 120 Å². The van der Waals surface area contributed by atoms with Crippen molar-refractivity contribution in [2.24, 2.45) is 0 Å². The lowest BCUT2D eigenvalue weighted by Crippen LogP contribution is -2.44. The van der Waals surface area contributed by atoms with E-state index >= 15 is 0 Å². The van der Waals surface area contributed by atoms with E-state index < -0.39 is 12.0 Å². The van der Waals surface area contributed by atoms with Gasteiger partial charge in [-0.15, -0.1) is 11.3 Å². The van der Waals surface area contributed by atoms with Gasteiger partial charge in [0, 0.05) is 30.4 Å². The van der Waals surface area contributed by atoms with E-state index in [1.54, 1.807) is 32.5 Å². The average molecular weight is 296 g/mol. The van der Waals surface area contributed by atoms with E-state index in [0.29, 0.717) is 10.4 Å². The maximum Gasteiger partial charge on any atom is 0.328 e. The molecule has 1 unspecified atom stereocenters. The van der Waals surface area contributed by atoms with Gasteiger partial charge in [-0.2, -0.15) is 0 Å². The quantitative estimate of drug-likeness (QED) is 0.795. The van der Waals surface area contributed by atoms with Gasteiger partial charge in [-0.1, -0.05) is 0 Å². The third kappa shape index (κ3) is 4.51. The lowest BCUT2D eigenvalue weighted by molar-refractivity contribution is -0.131. The molecule has 7 heteroatoms. The van der Waals surface area contributed by atoms with E-state index in [1.165, 1.54) is 22.3 Å². The van der Waals surface area contributed by atoms with E-state index in [1.807, 2.05) is 0 Å². The summed E-state index contributed by atoms with van der Waals surface area (Å²) in [6.07, 6.45) is 2.42. The first kappa shape index (κ1) is 15.9. The highest BCUT2D eigenvalue weighted by Crippen LogP contribution is 2.16. The molecule has 0 aromatic carbocycles. The van der Waals surface area contributed by atoms with Crippen LogP contribution in [-0.4, -0.2) is 47.9 Å². The molecule has 108 valence electrons. The highest BCUT2D eigenvalue weighted by Gasteiger charge is 2.18. The van der Waals surface area contributed by atoms with Gasteiger partial charge in [-0.05, 0) is 19.1 Å². The highest BCUT2D eigenvalue weighted by atomic mass is 32.1. The van der Waals surface area contributed by atoms with E-state index in [2.05, 4.69) is 5.32 Å². The molecule has 2 N–H and O–H groups in total. The molecule has 20 heavy (non-hydrogen) atoms. The molecule has 0 aliphatic carbocycles. The van der Waals surface area contributed by atoms with Crippen molar-refractivity contribution < 1.29 is 19.5 Å². The van der Waals surface area contributed by atoms with Crippen LogP contribution in [0.5, 0.6) is 0 Å². The summed E-state index contributed by atoms with van der Waals surface area (Å²) in [5, 5.41) is 12.7. The molecule has 2 amide bonds. The van der Waals surface area contributed by atoms with Gasteiger partial charge in [-0.25, -0.2) is 4.79 Å². The lowest BCUT2D eigenvalue weighted by atomic mass is 10.2. The molecule has 0 saturated carbocycles. The van der Waals surface area contributed by atoms with Crippen molar-refractivity contribution in [2.75, 3.05) is 14.1 Å². The summed E-state index contributed by atoms with van der Waals surface area (Å²) in [7, 11) is 3.23. The molecule has 0 spiro atoms. The van der Waals surface area contributed by atoms with Crippen molar-refractivity contribution >= 4 is 35.2 Å². The Kier molecular flexibility index (Phi) is 5.45. The molecule has 0 fully saturated rings. The molecule has 1 heterocycles. The SMILES string of the molecule is CC(NC(=O)c1csc(C=CC(=O)O)c1)C(=O)N(C)C. The van der Waals surface area contributed by atoms with Gasteiger partial charge in [0.15, 0.2) is 0 Å². The van der Waals surface area contributed by atoms with Crippen LogP contribution in [0.25, 0.3) is 6.08 Å². The monoisotopic (exact) mass is 296 g/mol. The summed E-state index contributed by atoms with van der Waals surface area (Å²) in [6, 6.07) is 0.960. The van der Waals surface area contributed by atoms with Crippen molar-refractivity contribution in [3.8, 4) is 0 Å². The Hall–Kier alpha value is -2.15. The van der Waals surface area contributed by atoms with E-state index in [9.17, 15) is 14.4 Å². The number of thiophene rings is 1. The van der Waals surface area contributed by atoms with E-state index in [-0.39, 0.29) is 11.8 Å². The van der Waals surface area contributed by atoms with Crippen LogP contribution in [0.15, 0.2) is 17.5 Å². The summed E-state index contributed by atoms with van der Waals surface area (Å²) in [6.45, 7) is 1.61. The summed E-state index contributed by atoms with van der Waals surface area (Å²) in [5.74, 6) is -1.60. The number of likely N-dealkylation sites (N-methyl/N-ethyl adjacent to an activating group) is 1. The van der Waals surface area contributed by atoms with Crippen LogP contribution in [0.3, 0.4) is 0 Å². The second kappa shape index (κ2) is 6.85. The Morgan fingerprint density at radius 3 is 2.60 bits per heavy atom. The number of carbonyl (C=O) groups excluding carboxylic acids is 2. The number of aliphatic carboxylic acids is 1. The fraction of sp³-hybridized carbons (Fsp3) is 0.308. The summed E-state index contributed by atoms with van der Waals surface area (Å²) in [5.41, 5.74) is 0.401. The minimum absolute atomic E-state index is 0.195. The fourth-order valence-corrected chi connectivity index (χ4v) is 2.22. The van der Waals surface area contributed by atoms with Gasteiger partial charge in [0.1, 0.15) is 6.04 Å². The van der Waals surface area contributed by atoms with Gasteiger partial charge in [0.25, 0.3) is 5.91 Å². The molecule has 0 bridgehead atoms. The first-order valence-electron chi connectivity index (χ1n) is 5.83. The molecule has 0 saturated heterocycles. The maximum absolute atomic E-state index is 11.9. The summed E-state index contributed by atoms with van der Waals surface area (Å²) < 4.78 is 0. The van der Waals surface area contributed by atoms with Crippen LogP contribution >= 0.6 is 11.3 Å². The number of nitrogens with one attached hydrogen (secondary N) is 1. The minimum atomic E-state index is -1.05. The second-order valence-electron chi connectivity index (χ2n) is 4.34. The van der Waals surface area contributed by atoms with Gasteiger partial charge >= 0.3 is 5.97 Å². The molecular weight excluding hydrogens is 280 g/mol. The third-order valence-electron chi connectivity index (χ3n) is 2.43. The van der Waals surface area contributed by atoms with Crippen LogP contribution in [0, 0.1) is 0 Å². The van der Waals surface area contributed by atoms with Crippen molar-refractivity contribution in [1.82, 2.24) is 10.2 Å². The van der Waals surface area contributed by atoms with Gasteiger partial charge < -0.3 is 15.3 Å². The number of rotatable bonds is 5. The van der Waals surface area contributed by atoms with Crippen LogP contribution in [-0.2, 0) is 9.59 Å². The zero-order chi connectivity index (χ0) is 15.3. The lowest BCUT2D eigenvalue weighted by Gasteiger charge is -2.17. The highest BCUT2D eigenvalue weighted by molar-refractivity contribution is 7.11. The van der Waals surface area contributed by atoms with Gasteiger partial charge in [0.05, 0.1) is 5.56 Å². The number of nitrogens with zero attached hydrogens (tertiary/aromatic N) is 1. The molecule has 0 aliphatic heterocycles. The maximum atomic E-state index is 11.9. The Morgan fingerprint density at radius 2 is 2.05 bits per heavy atom. The van der Waals surface area contributed by atoms with Gasteiger partial charge in [0.2, 0.25) is 5.91 Å². The van der Waals surface area contributed by atoms with E-state index in [4.69, 9.17) is 5.11 Å². The Morgan fingerprint density at radius 1 is 1.40 bits per heavy atom. The van der Waals surface area contributed by atoms with Crippen molar-refractivity contribution in [1.29, 1.82) is 0 Å².